The molecule has 0 amide bonds. The van der Waals surface area contributed by atoms with E-state index in [0.29, 0.717) is 16.5 Å². The van der Waals surface area contributed by atoms with Crippen LogP contribution >= 0.6 is 12.2 Å². The predicted molar refractivity (Wildman–Crippen MR) is 79.9 cm³/mol. The Hall–Kier alpha value is -2.15. The van der Waals surface area contributed by atoms with Crippen LogP contribution in [0.15, 0.2) is 23.3 Å². The summed E-state index contributed by atoms with van der Waals surface area (Å²) in [6.45, 7) is 3.53. The fourth-order valence-electron chi connectivity index (χ4n) is 2.07. The van der Waals surface area contributed by atoms with E-state index in [0.717, 1.165) is 5.69 Å². The summed E-state index contributed by atoms with van der Waals surface area (Å²) >= 11 is 5.08. The van der Waals surface area contributed by atoms with Gasteiger partial charge >= 0.3 is 0 Å². The second kappa shape index (κ2) is 5.46. The lowest BCUT2D eigenvalue weighted by Crippen LogP contribution is -2.30. The number of aromatic amines is 1. The number of aromatic nitrogens is 3. The summed E-state index contributed by atoms with van der Waals surface area (Å²) in [5, 5.41) is 13.2. The number of rotatable bonds is 3. The minimum Gasteiger partial charge on any atom is -0.503 e. The van der Waals surface area contributed by atoms with Crippen LogP contribution in [0.1, 0.15) is 30.2 Å². The molecule has 6 nitrogen and oxygen atoms in total. The number of thiocarbonyl (C=S) groups is 1. The molecule has 2 rings (SSSR count). The summed E-state index contributed by atoms with van der Waals surface area (Å²) < 4.78 is 1.75. The first-order valence-electron chi connectivity index (χ1n) is 6.07. The van der Waals surface area contributed by atoms with E-state index in [2.05, 4.69) is 15.3 Å². The Bertz CT molecular complexity index is 691. The van der Waals surface area contributed by atoms with E-state index >= 15 is 0 Å². The predicted octanol–water partition coefficient (Wildman–Crippen LogP) is 1.15. The van der Waals surface area contributed by atoms with Gasteiger partial charge in [-0.15, -0.1) is 0 Å². The number of nitrogens with zero attached hydrogens (tertiary/aromatic N) is 2. The Kier molecular flexibility index (Phi) is 3.89. The van der Waals surface area contributed by atoms with Gasteiger partial charge in [0.2, 0.25) is 5.43 Å². The number of imidazole rings is 1. The molecule has 0 saturated heterocycles. The molecular weight excluding hydrogens is 276 g/mol. The minimum atomic E-state index is -0.514. The van der Waals surface area contributed by atoms with Gasteiger partial charge in [0, 0.05) is 31.2 Å². The molecule has 0 aromatic carbocycles. The third kappa shape index (κ3) is 2.57. The third-order valence-electron chi connectivity index (χ3n) is 3.12. The number of hydrogen-bond acceptors (Lipinski definition) is 4. The van der Waals surface area contributed by atoms with Crippen molar-refractivity contribution in [2.24, 2.45) is 7.05 Å². The summed E-state index contributed by atoms with van der Waals surface area (Å²) in [4.78, 5) is 19.5. The Morgan fingerprint density at radius 3 is 2.85 bits per heavy atom. The van der Waals surface area contributed by atoms with Gasteiger partial charge in [0.15, 0.2) is 5.75 Å². The van der Waals surface area contributed by atoms with E-state index in [1.165, 1.54) is 6.07 Å². The summed E-state index contributed by atoms with van der Waals surface area (Å²) in [6, 6.07) is 0.877. The van der Waals surface area contributed by atoms with Gasteiger partial charge < -0.3 is 20.0 Å². The van der Waals surface area contributed by atoms with Gasteiger partial charge in [0.05, 0.1) is 10.7 Å². The van der Waals surface area contributed by atoms with Gasteiger partial charge in [-0.05, 0) is 13.8 Å². The molecule has 20 heavy (non-hydrogen) atoms. The van der Waals surface area contributed by atoms with Gasteiger partial charge in [-0.25, -0.2) is 4.98 Å². The molecule has 0 radical (unpaired) electrons. The zero-order valence-electron chi connectivity index (χ0n) is 11.5. The summed E-state index contributed by atoms with van der Waals surface area (Å²) in [5.41, 5.74) is 0.744. The average Bonchev–Trinajstić information content (AvgIpc) is 2.88. The van der Waals surface area contributed by atoms with Crippen LogP contribution in [0.2, 0.25) is 0 Å². The second-order valence-corrected chi connectivity index (χ2v) is 5.16. The van der Waals surface area contributed by atoms with Crippen LogP contribution in [0.4, 0.5) is 0 Å². The lowest BCUT2D eigenvalue weighted by molar-refractivity contribution is 0.441. The van der Waals surface area contributed by atoms with Crippen molar-refractivity contribution in [1.82, 2.24) is 19.9 Å². The highest BCUT2D eigenvalue weighted by molar-refractivity contribution is 7.80. The van der Waals surface area contributed by atoms with Crippen LogP contribution < -0.4 is 10.7 Å². The number of aryl methyl sites for hydroxylation is 1. The van der Waals surface area contributed by atoms with E-state index in [1.54, 1.807) is 37.9 Å². The molecule has 0 aliphatic carbocycles. The van der Waals surface area contributed by atoms with Gasteiger partial charge in [0.25, 0.3) is 0 Å². The maximum absolute atomic E-state index is 11.8. The molecule has 0 aliphatic rings. The number of nitrogens with one attached hydrogen (secondary N) is 2. The van der Waals surface area contributed by atoms with Crippen LogP contribution in [0.5, 0.6) is 5.75 Å². The van der Waals surface area contributed by atoms with Crippen LogP contribution in [0, 0.1) is 6.92 Å². The molecule has 1 atom stereocenters. The highest BCUT2D eigenvalue weighted by Crippen LogP contribution is 2.25. The quantitative estimate of drug-likeness (QED) is 0.739. The van der Waals surface area contributed by atoms with Gasteiger partial charge in [-0.3, -0.25) is 4.79 Å². The molecule has 2 heterocycles. The Morgan fingerprint density at radius 2 is 2.30 bits per heavy atom. The molecule has 0 fully saturated rings. The molecule has 0 spiro atoms. The Balaban J connectivity index is 2.66. The molecule has 3 N–H and O–H groups in total. The normalized spacial score (nSPS) is 12.2. The van der Waals surface area contributed by atoms with Crippen LogP contribution in [-0.2, 0) is 7.05 Å². The van der Waals surface area contributed by atoms with E-state index < -0.39 is 11.5 Å². The van der Waals surface area contributed by atoms with E-state index in [9.17, 15) is 9.90 Å². The van der Waals surface area contributed by atoms with Crippen molar-refractivity contribution < 1.29 is 5.11 Å². The van der Waals surface area contributed by atoms with Crippen molar-refractivity contribution in [1.29, 1.82) is 0 Å². The maximum atomic E-state index is 11.8. The summed E-state index contributed by atoms with van der Waals surface area (Å²) in [7, 11) is 1.78. The largest absolute Gasteiger partial charge is 0.503 e. The number of aromatic hydroxyl groups is 1. The van der Waals surface area contributed by atoms with Crippen LogP contribution in [0.25, 0.3) is 0 Å². The number of H-pyrrole nitrogens is 1. The number of hydrogen-bond donors (Lipinski definition) is 3. The lowest BCUT2D eigenvalue weighted by Gasteiger charge is -2.22. The molecule has 0 saturated carbocycles. The average molecular weight is 292 g/mol. The topological polar surface area (TPSA) is 82.9 Å². The molecule has 2 aromatic heterocycles. The van der Waals surface area contributed by atoms with E-state index in [1.807, 2.05) is 0 Å². The monoisotopic (exact) mass is 292 g/mol. The molecule has 0 bridgehead atoms. The van der Waals surface area contributed by atoms with Crippen molar-refractivity contribution in [3.63, 3.8) is 0 Å². The van der Waals surface area contributed by atoms with Crippen molar-refractivity contribution in [3.8, 4) is 5.75 Å². The SMILES string of the molecule is CC(=S)NC(c1ncc[nH]1)c1c(O)c(=O)cc(C)n1C. The van der Waals surface area contributed by atoms with Gasteiger partial charge in [-0.2, -0.15) is 0 Å². The first kappa shape index (κ1) is 14.3. The first-order chi connectivity index (χ1) is 9.41. The fourth-order valence-corrected chi connectivity index (χ4v) is 2.18. The zero-order chi connectivity index (χ0) is 14.9. The van der Waals surface area contributed by atoms with Gasteiger partial charge in [0.1, 0.15) is 11.9 Å². The molecule has 1 unspecified atom stereocenters. The molecule has 0 aliphatic heterocycles. The first-order valence-corrected chi connectivity index (χ1v) is 6.48. The second-order valence-electron chi connectivity index (χ2n) is 4.55. The van der Waals surface area contributed by atoms with Crippen molar-refractivity contribution in [3.05, 3.63) is 45.9 Å². The number of pyridine rings is 1. The van der Waals surface area contributed by atoms with Crippen LogP contribution in [-0.4, -0.2) is 24.6 Å². The standard InChI is InChI=1S/C13H16N4O2S/c1-7-6-9(18)12(19)11(17(7)3)10(16-8(2)20)13-14-4-5-15-13/h4-6,10,19H,1-3H3,(H,14,15)(H,16,20). The third-order valence-corrected chi connectivity index (χ3v) is 3.24. The van der Waals surface area contributed by atoms with Gasteiger partial charge in [-0.1, -0.05) is 12.2 Å². The van der Waals surface area contributed by atoms with Crippen molar-refractivity contribution >= 4 is 17.2 Å². The molecule has 7 heteroatoms. The highest BCUT2D eigenvalue weighted by Gasteiger charge is 2.24. The van der Waals surface area contributed by atoms with E-state index in [4.69, 9.17) is 12.2 Å². The Morgan fingerprint density at radius 1 is 1.60 bits per heavy atom. The van der Waals surface area contributed by atoms with Crippen LogP contribution in [0.3, 0.4) is 0 Å². The van der Waals surface area contributed by atoms with Crippen molar-refractivity contribution in [2.75, 3.05) is 0 Å². The minimum absolute atomic E-state index is 0.303. The maximum Gasteiger partial charge on any atom is 0.223 e. The molecule has 2 aromatic rings. The zero-order valence-corrected chi connectivity index (χ0v) is 12.3. The van der Waals surface area contributed by atoms with Crippen molar-refractivity contribution in [2.45, 2.75) is 19.9 Å². The smallest absolute Gasteiger partial charge is 0.223 e. The fraction of sp³-hybridized carbons (Fsp3) is 0.308. The summed E-state index contributed by atoms with van der Waals surface area (Å²) in [5.74, 6) is 0.272. The van der Waals surface area contributed by atoms with E-state index in [-0.39, 0.29) is 5.75 Å². The Labute approximate surface area is 121 Å². The molecule has 106 valence electrons. The molecular formula is C13H16N4O2S. The lowest BCUT2D eigenvalue weighted by atomic mass is 10.1. The summed E-state index contributed by atoms with van der Waals surface area (Å²) in [6.07, 6.45) is 3.28. The highest BCUT2D eigenvalue weighted by atomic mass is 32.1.